The van der Waals surface area contributed by atoms with E-state index in [1.807, 2.05) is 37.3 Å². The number of carbonyl (C=O) groups is 1. The lowest BCUT2D eigenvalue weighted by molar-refractivity contribution is 0.0935. The molecule has 0 bridgehead atoms. The predicted octanol–water partition coefficient (Wildman–Crippen LogP) is 4.21. The Bertz CT molecular complexity index is 1300. The van der Waals surface area contributed by atoms with E-state index in [1.54, 1.807) is 36.5 Å². The molecule has 2 aromatic heterocycles. The van der Waals surface area contributed by atoms with E-state index < -0.39 is 0 Å². The van der Waals surface area contributed by atoms with Crippen LogP contribution in [-0.2, 0) is 0 Å². The average Bonchev–Trinajstić information content (AvgIpc) is 3.27. The molecule has 164 valence electrons. The first-order valence-electron chi connectivity index (χ1n) is 10.6. The summed E-state index contributed by atoms with van der Waals surface area (Å²) in [4.78, 5) is 28.4. The van der Waals surface area contributed by atoms with Crippen molar-refractivity contribution in [1.29, 1.82) is 0 Å². The molecule has 5 rings (SSSR count). The SMILES string of the molecule is Cc1ccc2c(N3CC[C@@H](NC(=O)c4ccccn4)C3)nc(-c3ccccc3O)nc2c1.[HH].[HH]. The van der Waals surface area contributed by atoms with Gasteiger partial charge in [-0.3, -0.25) is 9.78 Å². The second-order valence-electron chi connectivity index (χ2n) is 8.03. The highest BCUT2D eigenvalue weighted by Gasteiger charge is 2.27. The van der Waals surface area contributed by atoms with Crippen molar-refractivity contribution in [3.8, 4) is 17.1 Å². The number of nitrogens with one attached hydrogen (secondary N) is 1. The summed E-state index contributed by atoms with van der Waals surface area (Å²) in [5, 5.41) is 14.4. The van der Waals surface area contributed by atoms with Gasteiger partial charge < -0.3 is 15.3 Å². The molecule has 2 aromatic carbocycles. The van der Waals surface area contributed by atoms with Crippen molar-refractivity contribution in [2.45, 2.75) is 19.4 Å². The van der Waals surface area contributed by atoms with Crippen molar-refractivity contribution in [3.63, 3.8) is 0 Å². The van der Waals surface area contributed by atoms with Crippen molar-refractivity contribution in [1.82, 2.24) is 20.3 Å². The zero-order valence-electron chi connectivity index (χ0n) is 17.7. The minimum Gasteiger partial charge on any atom is -0.507 e. The number of phenols is 1. The van der Waals surface area contributed by atoms with E-state index in [9.17, 15) is 9.90 Å². The normalized spacial score (nSPS) is 15.8. The standard InChI is InChI=1S/C25H23N5O2.2H2/c1-16-9-10-18-21(14-16)28-23(19-6-2-3-8-22(19)31)29-24(18)30-13-11-17(15-30)27-25(32)20-7-4-5-12-26-20;;/h2-10,12,14,17,31H,11,13,15H2,1H3,(H,27,32);2*1H/t17-;;/m1../s1. The van der Waals surface area contributed by atoms with E-state index in [-0.39, 0.29) is 20.6 Å². The molecule has 3 heterocycles. The fourth-order valence-electron chi connectivity index (χ4n) is 4.07. The summed E-state index contributed by atoms with van der Waals surface area (Å²) < 4.78 is 0. The van der Waals surface area contributed by atoms with Crippen LogP contribution in [0.1, 0.15) is 25.3 Å². The summed E-state index contributed by atoms with van der Waals surface area (Å²) in [6.45, 7) is 3.42. The fourth-order valence-corrected chi connectivity index (χ4v) is 4.07. The number of rotatable bonds is 4. The lowest BCUT2D eigenvalue weighted by atomic mass is 10.1. The van der Waals surface area contributed by atoms with Gasteiger partial charge in [0.1, 0.15) is 17.3 Å². The number of fused-ring (bicyclic) bond motifs is 1. The maximum atomic E-state index is 12.5. The molecular weight excluding hydrogens is 402 g/mol. The van der Waals surface area contributed by atoms with Crippen LogP contribution >= 0.6 is 0 Å². The van der Waals surface area contributed by atoms with Crippen LogP contribution in [0.2, 0.25) is 0 Å². The average molecular weight is 430 g/mol. The molecule has 4 aromatic rings. The highest BCUT2D eigenvalue weighted by atomic mass is 16.3. The summed E-state index contributed by atoms with van der Waals surface area (Å²) >= 11 is 0. The quantitative estimate of drug-likeness (QED) is 0.505. The van der Waals surface area contributed by atoms with Crippen LogP contribution in [0, 0.1) is 6.92 Å². The van der Waals surface area contributed by atoms with E-state index >= 15 is 0 Å². The molecule has 0 saturated carbocycles. The first kappa shape index (κ1) is 19.9. The van der Waals surface area contributed by atoms with E-state index in [4.69, 9.17) is 9.97 Å². The number of aromatic nitrogens is 3. The fraction of sp³-hybridized carbons (Fsp3) is 0.200. The first-order valence-corrected chi connectivity index (χ1v) is 10.6. The molecule has 1 aliphatic rings. The Hall–Kier alpha value is -4.00. The number of amides is 1. The van der Waals surface area contributed by atoms with Crippen LogP contribution < -0.4 is 10.2 Å². The van der Waals surface area contributed by atoms with Gasteiger partial charge in [-0.05, 0) is 55.3 Å². The number of nitrogens with zero attached hydrogens (tertiary/aromatic N) is 4. The third-order valence-corrected chi connectivity index (χ3v) is 5.70. The highest BCUT2D eigenvalue weighted by molar-refractivity contribution is 5.93. The lowest BCUT2D eigenvalue weighted by Crippen LogP contribution is -2.37. The van der Waals surface area contributed by atoms with E-state index in [0.29, 0.717) is 23.6 Å². The molecule has 7 nitrogen and oxygen atoms in total. The summed E-state index contributed by atoms with van der Waals surface area (Å²) in [6, 6.07) is 18.5. The number of hydrogen-bond donors (Lipinski definition) is 2. The van der Waals surface area contributed by atoms with Crippen LogP contribution in [0.4, 0.5) is 5.82 Å². The number of aryl methyl sites for hydroxylation is 1. The minimum atomic E-state index is -0.171. The van der Waals surface area contributed by atoms with Gasteiger partial charge in [0, 0.05) is 33.6 Å². The van der Waals surface area contributed by atoms with Crippen LogP contribution in [0.15, 0.2) is 66.9 Å². The number of carbonyl (C=O) groups excluding carboxylic acids is 1. The Morgan fingerprint density at radius 2 is 1.97 bits per heavy atom. The smallest absolute Gasteiger partial charge is 0.270 e. The van der Waals surface area contributed by atoms with Gasteiger partial charge in [0.05, 0.1) is 11.1 Å². The summed E-state index contributed by atoms with van der Waals surface area (Å²) in [6.07, 6.45) is 2.42. The first-order chi connectivity index (χ1) is 15.6. The van der Waals surface area contributed by atoms with Gasteiger partial charge in [0.15, 0.2) is 5.82 Å². The lowest BCUT2D eigenvalue weighted by Gasteiger charge is -2.21. The predicted molar refractivity (Wildman–Crippen MR) is 128 cm³/mol. The Morgan fingerprint density at radius 1 is 1.12 bits per heavy atom. The molecule has 32 heavy (non-hydrogen) atoms. The molecule has 7 heteroatoms. The molecule has 1 atom stereocenters. The van der Waals surface area contributed by atoms with Gasteiger partial charge >= 0.3 is 0 Å². The van der Waals surface area contributed by atoms with Crippen molar-refractivity contribution in [3.05, 3.63) is 78.1 Å². The summed E-state index contributed by atoms with van der Waals surface area (Å²) in [5.41, 5.74) is 2.94. The minimum absolute atomic E-state index is 0. The third kappa shape index (κ3) is 3.85. The Kier molecular flexibility index (Phi) is 5.15. The van der Waals surface area contributed by atoms with Gasteiger partial charge in [-0.25, -0.2) is 9.97 Å². The molecule has 0 radical (unpaired) electrons. The second kappa shape index (κ2) is 8.26. The maximum absolute atomic E-state index is 12.5. The number of anilines is 1. The Labute approximate surface area is 188 Å². The summed E-state index contributed by atoms with van der Waals surface area (Å²) in [7, 11) is 0. The molecule has 1 amide bonds. The third-order valence-electron chi connectivity index (χ3n) is 5.70. The van der Waals surface area contributed by atoms with Crippen LogP contribution in [0.5, 0.6) is 5.75 Å². The monoisotopic (exact) mass is 429 g/mol. The van der Waals surface area contributed by atoms with Gasteiger partial charge in [-0.2, -0.15) is 0 Å². The Balaban J connectivity index is 0.00000162. The van der Waals surface area contributed by atoms with Gasteiger partial charge in [0.2, 0.25) is 0 Å². The zero-order valence-corrected chi connectivity index (χ0v) is 17.7. The number of hydrogen-bond acceptors (Lipinski definition) is 6. The van der Waals surface area contributed by atoms with Gasteiger partial charge in [-0.15, -0.1) is 0 Å². The number of pyridine rings is 1. The topological polar surface area (TPSA) is 91.2 Å². The highest BCUT2D eigenvalue weighted by Crippen LogP contribution is 2.33. The molecular formula is C25H27N5O2. The Morgan fingerprint density at radius 3 is 2.78 bits per heavy atom. The molecule has 0 spiro atoms. The zero-order chi connectivity index (χ0) is 22.1. The number of aromatic hydroxyl groups is 1. The van der Waals surface area contributed by atoms with Crippen LogP contribution in [-0.4, -0.2) is 45.1 Å². The van der Waals surface area contributed by atoms with Crippen molar-refractivity contribution >= 4 is 22.6 Å². The van der Waals surface area contributed by atoms with Crippen molar-refractivity contribution < 1.29 is 12.8 Å². The van der Waals surface area contributed by atoms with E-state index in [2.05, 4.69) is 15.2 Å². The molecule has 0 unspecified atom stereocenters. The van der Waals surface area contributed by atoms with E-state index in [1.165, 1.54) is 0 Å². The van der Waals surface area contributed by atoms with E-state index in [0.717, 1.165) is 35.2 Å². The molecule has 0 aliphatic carbocycles. The largest absolute Gasteiger partial charge is 0.507 e. The van der Waals surface area contributed by atoms with Crippen LogP contribution in [0.25, 0.3) is 22.3 Å². The molecule has 1 saturated heterocycles. The molecule has 2 N–H and O–H groups in total. The molecule has 1 fully saturated rings. The number of benzene rings is 2. The van der Waals surface area contributed by atoms with Crippen molar-refractivity contribution in [2.75, 3.05) is 18.0 Å². The molecule has 1 aliphatic heterocycles. The number of para-hydroxylation sites is 1. The van der Waals surface area contributed by atoms with Crippen LogP contribution in [0.3, 0.4) is 0 Å². The number of phenolic OH excluding ortho intramolecular Hbond substituents is 1. The van der Waals surface area contributed by atoms with Gasteiger partial charge in [-0.1, -0.05) is 24.3 Å². The second-order valence-corrected chi connectivity index (χ2v) is 8.03. The van der Waals surface area contributed by atoms with Gasteiger partial charge in [0.25, 0.3) is 5.91 Å². The maximum Gasteiger partial charge on any atom is 0.270 e. The van der Waals surface area contributed by atoms with Crippen molar-refractivity contribution in [2.24, 2.45) is 0 Å². The summed E-state index contributed by atoms with van der Waals surface area (Å²) in [5.74, 6) is 1.27.